The quantitative estimate of drug-likeness (QED) is 0.854. The van der Waals surface area contributed by atoms with Gasteiger partial charge in [-0.05, 0) is 24.3 Å². The zero-order valence-electron chi connectivity index (χ0n) is 10.2. The van der Waals surface area contributed by atoms with Gasteiger partial charge >= 0.3 is 0 Å². The van der Waals surface area contributed by atoms with E-state index >= 15 is 0 Å². The molecule has 0 bridgehead atoms. The number of hydrogen-bond donors (Lipinski definition) is 1. The molecule has 1 unspecified atom stereocenters. The van der Waals surface area contributed by atoms with Crippen LogP contribution in [-0.4, -0.2) is 15.6 Å². The molecule has 2 N–H and O–H groups in total. The molecule has 1 atom stereocenters. The summed E-state index contributed by atoms with van der Waals surface area (Å²) in [6.45, 7) is 3.10. The topological polar surface area (TPSA) is 43.8 Å². The van der Waals surface area contributed by atoms with Gasteiger partial charge in [-0.1, -0.05) is 13.0 Å². The molecule has 0 aliphatic carbocycles. The third kappa shape index (κ3) is 3.68. The van der Waals surface area contributed by atoms with Crippen LogP contribution in [0.15, 0.2) is 30.0 Å². The van der Waals surface area contributed by atoms with Gasteiger partial charge in [0.2, 0.25) is 0 Å². The van der Waals surface area contributed by atoms with Crippen molar-refractivity contribution in [3.05, 3.63) is 40.6 Å². The van der Waals surface area contributed by atoms with Gasteiger partial charge in [-0.3, -0.25) is 0 Å². The van der Waals surface area contributed by atoms with Crippen LogP contribution in [0.5, 0.6) is 0 Å². The molecule has 3 nitrogen and oxygen atoms in total. The van der Waals surface area contributed by atoms with Gasteiger partial charge in [0, 0.05) is 30.1 Å². The first-order valence-electron chi connectivity index (χ1n) is 6.06. The van der Waals surface area contributed by atoms with Crippen molar-refractivity contribution in [3.63, 3.8) is 0 Å². The van der Waals surface area contributed by atoms with Crippen LogP contribution < -0.4 is 5.73 Å². The highest BCUT2D eigenvalue weighted by atomic mass is 32.1. The Balaban J connectivity index is 1.85. The van der Waals surface area contributed by atoms with Gasteiger partial charge in [0.05, 0.1) is 12.0 Å². The van der Waals surface area contributed by atoms with E-state index in [0.29, 0.717) is 0 Å². The molecule has 4 heteroatoms. The zero-order chi connectivity index (χ0) is 12.1. The van der Waals surface area contributed by atoms with E-state index in [1.54, 1.807) is 0 Å². The second kappa shape index (κ2) is 5.98. The normalized spacial score (nSPS) is 12.8. The van der Waals surface area contributed by atoms with E-state index in [-0.39, 0.29) is 6.04 Å². The van der Waals surface area contributed by atoms with E-state index in [4.69, 9.17) is 5.73 Å². The lowest BCUT2D eigenvalue weighted by Gasteiger charge is -2.04. The minimum atomic E-state index is 0.232. The fourth-order valence-corrected chi connectivity index (χ4v) is 2.44. The van der Waals surface area contributed by atoms with E-state index < -0.39 is 0 Å². The number of aromatic nitrogens is 2. The predicted molar refractivity (Wildman–Crippen MR) is 72.2 cm³/mol. The van der Waals surface area contributed by atoms with E-state index in [1.165, 1.54) is 4.88 Å². The molecule has 2 rings (SSSR count). The average Bonchev–Trinajstić information content (AvgIpc) is 2.97. The molecule has 0 aromatic carbocycles. The molecule has 92 valence electrons. The molecule has 0 fully saturated rings. The number of imidazole rings is 1. The van der Waals surface area contributed by atoms with Crippen molar-refractivity contribution >= 4 is 11.3 Å². The SMILES string of the molecule is CCC(N)Cc1cn(CCc2cccs2)cn1. The largest absolute Gasteiger partial charge is 0.337 e. The van der Waals surface area contributed by atoms with Crippen LogP contribution in [0.25, 0.3) is 0 Å². The van der Waals surface area contributed by atoms with Gasteiger partial charge in [-0.25, -0.2) is 4.98 Å². The molecule has 0 amide bonds. The van der Waals surface area contributed by atoms with Crippen molar-refractivity contribution < 1.29 is 0 Å². The molecule has 0 saturated carbocycles. The molecular formula is C13H19N3S. The van der Waals surface area contributed by atoms with Crippen LogP contribution in [0, 0.1) is 0 Å². The van der Waals surface area contributed by atoms with Gasteiger partial charge in [0.1, 0.15) is 0 Å². The maximum absolute atomic E-state index is 5.92. The number of rotatable bonds is 6. The Bertz CT molecular complexity index is 433. The third-order valence-corrected chi connectivity index (χ3v) is 3.82. The summed E-state index contributed by atoms with van der Waals surface area (Å²) in [7, 11) is 0. The third-order valence-electron chi connectivity index (χ3n) is 2.88. The standard InChI is InChI=1S/C13H19N3S/c1-2-11(14)8-12-9-16(10-15-12)6-5-13-4-3-7-17-13/h3-4,7,9-11H,2,5-6,8,14H2,1H3. The fraction of sp³-hybridized carbons (Fsp3) is 0.462. The van der Waals surface area contributed by atoms with Crippen LogP contribution in [0.3, 0.4) is 0 Å². The predicted octanol–water partition coefficient (Wildman–Crippen LogP) is 2.47. The maximum atomic E-state index is 5.92. The van der Waals surface area contributed by atoms with Crippen LogP contribution in [0.4, 0.5) is 0 Å². The summed E-state index contributed by atoms with van der Waals surface area (Å²) in [4.78, 5) is 5.81. The van der Waals surface area contributed by atoms with Crippen molar-refractivity contribution in [3.8, 4) is 0 Å². The van der Waals surface area contributed by atoms with Crippen LogP contribution >= 0.6 is 11.3 Å². The van der Waals surface area contributed by atoms with E-state index in [0.717, 1.165) is 31.5 Å². The lowest BCUT2D eigenvalue weighted by atomic mass is 10.1. The second-order valence-electron chi connectivity index (χ2n) is 4.30. The number of nitrogens with zero attached hydrogens (tertiary/aromatic N) is 2. The van der Waals surface area contributed by atoms with Crippen molar-refractivity contribution in [2.24, 2.45) is 5.73 Å². The smallest absolute Gasteiger partial charge is 0.0949 e. The lowest BCUT2D eigenvalue weighted by Crippen LogP contribution is -2.21. The van der Waals surface area contributed by atoms with E-state index in [9.17, 15) is 0 Å². The Hall–Kier alpha value is -1.13. The molecule has 2 heterocycles. The Morgan fingerprint density at radius 1 is 1.53 bits per heavy atom. The first kappa shape index (κ1) is 12.3. The fourth-order valence-electron chi connectivity index (χ4n) is 1.74. The highest BCUT2D eigenvalue weighted by molar-refractivity contribution is 7.09. The Labute approximate surface area is 106 Å². The van der Waals surface area contributed by atoms with Gasteiger partial charge in [-0.15, -0.1) is 11.3 Å². The summed E-state index contributed by atoms with van der Waals surface area (Å²) in [5.74, 6) is 0. The number of thiophene rings is 1. The van der Waals surface area contributed by atoms with E-state index in [1.807, 2.05) is 17.7 Å². The molecule has 0 aliphatic rings. The highest BCUT2D eigenvalue weighted by Crippen LogP contribution is 2.10. The van der Waals surface area contributed by atoms with Gasteiger partial charge < -0.3 is 10.3 Å². The Kier molecular flexibility index (Phi) is 4.34. The average molecular weight is 249 g/mol. The Morgan fingerprint density at radius 2 is 2.41 bits per heavy atom. The Morgan fingerprint density at radius 3 is 3.12 bits per heavy atom. The van der Waals surface area contributed by atoms with Gasteiger partial charge in [0.25, 0.3) is 0 Å². The summed E-state index contributed by atoms with van der Waals surface area (Å²) in [5.41, 5.74) is 7.02. The molecule has 2 aromatic rings. The molecule has 17 heavy (non-hydrogen) atoms. The van der Waals surface area contributed by atoms with Crippen LogP contribution in [0.1, 0.15) is 23.9 Å². The lowest BCUT2D eigenvalue weighted by molar-refractivity contribution is 0.637. The number of aryl methyl sites for hydroxylation is 2. The maximum Gasteiger partial charge on any atom is 0.0949 e. The zero-order valence-corrected chi connectivity index (χ0v) is 11.0. The molecule has 2 aromatic heterocycles. The summed E-state index contributed by atoms with van der Waals surface area (Å²) < 4.78 is 2.15. The molecule has 0 saturated heterocycles. The van der Waals surface area contributed by atoms with Crippen molar-refractivity contribution in [2.75, 3.05) is 0 Å². The first-order chi connectivity index (χ1) is 8.28. The molecular weight excluding hydrogens is 230 g/mol. The van der Waals surface area contributed by atoms with Gasteiger partial charge in [0.15, 0.2) is 0 Å². The summed E-state index contributed by atoms with van der Waals surface area (Å²) >= 11 is 1.81. The second-order valence-corrected chi connectivity index (χ2v) is 5.34. The van der Waals surface area contributed by atoms with E-state index in [2.05, 4.69) is 40.2 Å². The molecule has 0 spiro atoms. The van der Waals surface area contributed by atoms with Crippen molar-refractivity contribution in [2.45, 2.75) is 38.8 Å². The molecule has 0 radical (unpaired) electrons. The summed E-state index contributed by atoms with van der Waals surface area (Å²) in [5, 5.41) is 2.12. The molecule has 0 aliphatic heterocycles. The minimum absolute atomic E-state index is 0.232. The minimum Gasteiger partial charge on any atom is -0.337 e. The van der Waals surface area contributed by atoms with Crippen LogP contribution in [-0.2, 0) is 19.4 Å². The number of nitrogens with two attached hydrogens (primary N) is 1. The first-order valence-corrected chi connectivity index (χ1v) is 6.94. The monoisotopic (exact) mass is 249 g/mol. The highest BCUT2D eigenvalue weighted by Gasteiger charge is 2.04. The van der Waals surface area contributed by atoms with Crippen LogP contribution in [0.2, 0.25) is 0 Å². The number of hydrogen-bond acceptors (Lipinski definition) is 3. The summed E-state index contributed by atoms with van der Waals surface area (Å²) in [6.07, 6.45) is 6.98. The van der Waals surface area contributed by atoms with Crippen molar-refractivity contribution in [1.82, 2.24) is 9.55 Å². The van der Waals surface area contributed by atoms with Gasteiger partial charge in [-0.2, -0.15) is 0 Å². The summed E-state index contributed by atoms with van der Waals surface area (Å²) in [6, 6.07) is 4.51. The van der Waals surface area contributed by atoms with Crippen molar-refractivity contribution in [1.29, 1.82) is 0 Å².